The second kappa shape index (κ2) is 6.92. The van der Waals surface area contributed by atoms with Gasteiger partial charge in [-0.3, -0.25) is 4.79 Å². The highest BCUT2D eigenvalue weighted by Gasteiger charge is 2.44. The number of rotatable bonds is 5. The molecule has 1 heterocycles. The van der Waals surface area contributed by atoms with Crippen LogP contribution in [0.4, 0.5) is 10.5 Å². The van der Waals surface area contributed by atoms with Crippen LogP contribution in [0.5, 0.6) is 0 Å². The van der Waals surface area contributed by atoms with Crippen LogP contribution in [0.2, 0.25) is 0 Å². The van der Waals surface area contributed by atoms with Crippen LogP contribution in [-0.2, 0) is 21.1 Å². The van der Waals surface area contributed by atoms with Crippen molar-refractivity contribution in [2.75, 3.05) is 17.7 Å². The fourth-order valence-electron chi connectivity index (χ4n) is 3.11. The lowest BCUT2D eigenvalue weighted by Crippen LogP contribution is -2.36. The van der Waals surface area contributed by atoms with E-state index in [-0.39, 0.29) is 16.8 Å². The summed E-state index contributed by atoms with van der Waals surface area (Å²) in [5.41, 5.74) is 1.35. The number of amides is 3. The Labute approximate surface area is 153 Å². The molecule has 2 aromatic rings. The van der Waals surface area contributed by atoms with E-state index in [9.17, 15) is 18.0 Å². The Morgan fingerprint density at radius 3 is 2.12 bits per heavy atom. The fraction of sp³-hybridized carbons (Fsp3) is 0.263. The van der Waals surface area contributed by atoms with Crippen LogP contribution >= 0.6 is 0 Å². The number of hydrogen-bond donors (Lipinski definition) is 0. The number of sulfone groups is 1. The Morgan fingerprint density at radius 1 is 0.962 bits per heavy atom. The molecule has 0 radical (unpaired) electrons. The van der Waals surface area contributed by atoms with E-state index in [1.54, 1.807) is 4.90 Å². The number of nitrogens with zero attached hydrogens (tertiary/aromatic N) is 2. The van der Waals surface area contributed by atoms with Crippen LogP contribution in [-0.4, -0.2) is 44.1 Å². The van der Waals surface area contributed by atoms with Crippen LogP contribution in [0.3, 0.4) is 0 Å². The molecule has 0 bridgehead atoms. The lowest BCUT2D eigenvalue weighted by atomic mass is 10.1. The van der Waals surface area contributed by atoms with Gasteiger partial charge in [-0.1, -0.05) is 30.3 Å². The van der Waals surface area contributed by atoms with Gasteiger partial charge in [0.25, 0.3) is 5.91 Å². The Balaban J connectivity index is 1.91. The maximum absolute atomic E-state index is 12.9. The number of hydrogen-bond acceptors (Lipinski definition) is 4. The number of benzene rings is 2. The van der Waals surface area contributed by atoms with E-state index in [1.165, 1.54) is 24.3 Å². The zero-order valence-corrected chi connectivity index (χ0v) is 15.4. The summed E-state index contributed by atoms with van der Waals surface area (Å²) in [5.74, 6) is -0.298. The lowest BCUT2D eigenvalue weighted by molar-refractivity contribution is -0.119. The molecule has 1 aliphatic rings. The predicted octanol–water partition coefficient (Wildman–Crippen LogP) is 2.49. The molecule has 1 fully saturated rings. The van der Waals surface area contributed by atoms with Crippen molar-refractivity contribution in [3.05, 3.63) is 60.2 Å². The maximum atomic E-state index is 12.9. The maximum Gasteiger partial charge on any atom is 0.332 e. The number of imide groups is 1. The van der Waals surface area contributed by atoms with Gasteiger partial charge in [0.1, 0.15) is 6.04 Å². The van der Waals surface area contributed by atoms with Gasteiger partial charge in [-0.05, 0) is 36.8 Å². The van der Waals surface area contributed by atoms with E-state index in [4.69, 9.17) is 0 Å². The predicted molar refractivity (Wildman–Crippen MR) is 98.7 cm³/mol. The van der Waals surface area contributed by atoms with Gasteiger partial charge < -0.3 is 4.90 Å². The van der Waals surface area contributed by atoms with E-state index >= 15 is 0 Å². The highest BCUT2D eigenvalue weighted by molar-refractivity contribution is 7.90. The highest BCUT2D eigenvalue weighted by Crippen LogP contribution is 2.28. The van der Waals surface area contributed by atoms with Crippen LogP contribution in [0, 0.1) is 0 Å². The molecule has 1 aliphatic heterocycles. The molecular formula is C19H20N2O4S. The zero-order valence-electron chi connectivity index (χ0n) is 14.6. The van der Waals surface area contributed by atoms with Gasteiger partial charge in [-0.2, -0.15) is 0 Å². The molecular weight excluding hydrogens is 352 g/mol. The van der Waals surface area contributed by atoms with Crippen molar-refractivity contribution < 1.29 is 18.0 Å². The molecule has 0 saturated carbocycles. The van der Waals surface area contributed by atoms with Crippen molar-refractivity contribution in [2.24, 2.45) is 0 Å². The van der Waals surface area contributed by atoms with Crippen molar-refractivity contribution in [1.82, 2.24) is 4.90 Å². The van der Waals surface area contributed by atoms with Crippen LogP contribution in [0.25, 0.3) is 0 Å². The molecule has 0 unspecified atom stereocenters. The van der Waals surface area contributed by atoms with Gasteiger partial charge in [0.2, 0.25) is 0 Å². The van der Waals surface area contributed by atoms with Gasteiger partial charge in [-0.15, -0.1) is 0 Å². The van der Waals surface area contributed by atoms with E-state index < -0.39 is 15.9 Å². The number of anilines is 1. The third-order valence-electron chi connectivity index (χ3n) is 4.45. The van der Waals surface area contributed by atoms with Gasteiger partial charge in [-0.25, -0.2) is 18.1 Å². The summed E-state index contributed by atoms with van der Waals surface area (Å²) >= 11 is 0. The summed E-state index contributed by atoms with van der Waals surface area (Å²) in [6, 6.07) is 14.4. The Bertz CT molecular complexity index is 924. The normalized spacial score (nSPS) is 17.8. The number of carbonyl (C=O) groups excluding carboxylic acids is 2. The number of urea groups is 1. The first-order valence-corrected chi connectivity index (χ1v) is 10.2. The SMILES string of the molecule is CCN1C(=O)N(c2ccc(S(C)(=O)=O)cc2)C(=O)[C@@H]1Cc1ccccc1. The highest BCUT2D eigenvalue weighted by atomic mass is 32.2. The minimum Gasteiger partial charge on any atom is -0.312 e. The average molecular weight is 372 g/mol. The third kappa shape index (κ3) is 3.35. The molecule has 0 aliphatic carbocycles. The van der Waals surface area contributed by atoms with Gasteiger partial charge in [0, 0.05) is 19.2 Å². The monoisotopic (exact) mass is 372 g/mol. The zero-order chi connectivity index (χ0) is 18.9. The summed E-state index contributed by atoms with van der Waals surface area (Å²) < 4.78 is 23.2. The number of likely N-dealkylation sites (N-methyl/N-ethyl adjacent to an activating group) is 1. The van der Waals surface area contributed by atoms with Crippen molar-refractivity contribution in [2.45, 2.75) is 24.3 Å². The van der Waals surface area contributed by atoms with Gasteiger partial charge in [0.15, 0.2) is 9.84 Å². The molecule has 1 atom stereocenters. The molecule has 2 aromatic carbocycles. The Hall–Kier alpha value is -2.67. The second-order valence-electron chi connectivity index (χ2n) is 6.21. The quantitative estimate of drug-likeness (QED) is 0.756. The summed E-state index contributed by atoms with van der Waals surface area (Å²) in [6.45, 7) is 2.25. The molecule has 1 saturated heterocycles. The average Bonchev–Trinajstić information content (AvgIpc) is 2.85. The van der Waals surface area contributed by atoms with Crippen LogP contribution < -0.4 is 4.90 Å². The molecule has 0 aromatic heterocycles. The van der Waals surface area contributed by atoms with Crippen molar-refractivity contribution >= 4 is 27.5 Å². The lowest BCUT2D eigenvalue weighted by Gasteiger charge is -2.19. The van der Waals surface area contributed by atoms with Crippen LogP contribution in [0.15, 0.2) is 59.5 Å². The summed E-state index contributed by atoms with van der Waals surface area (Å²) in [6.07, 6.45) is 1.56. The van der Waals surface area contributed by atoms with E-state index in [0.29, 0.717) is 18.7 Å². The minimum atomic E-state index is -3.34. The van der Waals surface area contributed by atoms with E-state index in [0.717, 1.165) is 16.7 Å². The molecule has 26 heavy (non-hydrogen) atoms. The third-order valence-corrected chi connectivity index (χ3v) is 5.58. The van der Waals surface area contributed by atoms with E-state index in [1.807, 2.05) is 37.3 Å². The Kier molecular flexibility index (Phi) is 4.82. The number of carbonyl (C=O) groups is 2. The topological polar surface area (TPSA) is 74.8 Å². The molecule has 7 heteroatoms. The first-order chi connectivity index (χ1) is 12.3. The van der Waals surface area contributed by atoms with Crippen molar-refractivity contribution in [3.63, 3.8) is 0 Å². The summed E-state index contributed by atoms with van der Waals surface area (Å²) in [4.78, 5) is 28.5. The first-order valence-electron chi connectivity index (χ1n) is 8.31. The summed E-state index contributed by atoms with van der Waals surface area (Å²) in [7, 11) is -3.34. The first kappa shape index (κ1) is 18.1. The smallest absolute Gasteiger partial charge is 0.312 e. The Morgan fingerprint density at radius 2 is 1.58 bits per heavy atom. The molecule has 3 rings (SSSR count). The molecule has 0 spiro atoms. The largest absolute Gasteiger partial charge is 0.332 e. The van der Waals surface area contributed by atoms with E-state index in [2.05, 4.69) is 0 Å². The minimum absolute atomic E-state index is 0.147. The molecule has 3 amide bonds. The summed E-state index contributed by atoms with van der Waals surface area (Å²) in [5, 5.41) is 0. The fourth-order valence-corrected chi connectivity index (χ4v) is 3.74. The van der Waals surface area contributed by atoms with Gasteiger partial charge >= 0.3 is 6.03 Å². The second-order valence-corrected chi connectivity index (χ2v) is 8.23. The molecule has 136 valence electrons. The standard InChI is InChI=1S/C19H20N2O4S/c1-3-20-17(13-14-7-5-4-6-8-14)18(22)21(19(20)23)15-9-11-16(12-10-15)26(2,24)25/h4-12,17H,3,13H2,1-2H3/t17-/m0/s1. The van der Waals surface area contributed by atoms with Gasteiger partial charge in [0.05, 0.1) is 10.6 Å². The van der Waals surface area contributed by atoms with Crippen LogP contribution in [0.1, 0.15) is 12.5 Å². The molecule has 6 nitrogen and oxygen atoms in total. The van der Waals surface area contributed by atoms with Crippen molar-refractivity contribution in [1.29, 1.82) is 0 Å². The van der Waals surface area contributed by atoms with Crippen molar-refractivity contribution in [3.8, 4) is 0 Å². The molecule has 0 N–H and O–H groups in total.